The molecule has 94 valence electrons. The molecule has 2 N–H and O–H groups in total. The smallest absolute Gasteiger partial charge is 0.134 e. The summed E-state index contributed by atoms with van der Waals surface area (Å²) in [7, 11) is 0. The molecule has 2 aromatic rings. The van der Waals surface area contributed by atoms with Crippen molar-refractivity contribution in [3.05, 3.63) is 46.8 Å². The molecule has 1 atom stereocenters. The maximum atomic E-state index is 6.04. The van der Waals surface area contributed by atoms with Gasteiger partial charge in [-0.05, 0) is 37.0 Å². The molecule has 1 aromatic heterocycles. The summed E-state index contributed by atoms with van der Waals surface area (Å²) in [6.45, 7) is 2.30. The van der Waals surface area contributed by atoms with Crippen LogP contribution in [0.5, 0.6) is 5.75 Å². The molecule has 0 saturated carbocycles. The number of ether oxygens (including phenoxy) is 1. The number of aromatic nitrogens is 1. The van der Waals surface area contributed by atoms with Gasteiger partial charge < -0.3 is 15.0 Å². The van der Waals surface area contributed by atoms with Gasteiger partial charge in [0.25, 0.3) is 0 Å². The number of nitrogens with two attached hydrogens (primary N) is 1. The van der Waals surface area contributed by atoms with Crippen molar-refractivity contribution in [2.45, 2.75) is 32.4 Å². The summed E-state index contributed by atoms with van der Waals surface area (Å²) in [5, 5.41) is 3.91. The van der Waals surface area contributed by atoms with E-state index in [4.69, 9.17) is 15.0 Å². The van der Waals surface area contributed by atoms with Crippen molar-refractivity contribution in [1.82, 2.24) is 5.16 Å². The van der Waals surface area contributed by atoms with Crippen LogP contribution >= 0.6 is 0 Å². The van der Waals surface area contributed by atoms with Crippen LogP contribution in [0.1, 0.15) is 35.0 Å². The highest BCUT2D eigenvalue weighted by Gasteiger charge is 2.22. The Hall–Kier alpha value is -1.81. The zero-order valence-electron chi connectivity index (χ0n) is 10.3. The second-order valence-corrected chi connectivity index (χ2v) is 4.69. The van der Waals surface area contributed by atoms with Gasteiger partial charge in [-0.25, -0.2) is 0 Å². The molecule has 1 heterocycles. The number of benzene rings is 1. The largest absolute Gasteiger partial charge is 0.487 e. The Morgan fingerprint density at radius 3 is 3.17 bits per heavy atom. The number of hydrogen-bond donors (Lipinski definition) is 1. The minimum Gasteiger partial charge on any atom is -0.487 e. The maximum absolute atomic E-state index is 6.04. The van der Waals surface area contributed by atoms with Gasteiger partial charge in [-0.2, -0.15) is 0 Å². The molecule has 0 spiro atoms. The van der Waals surface area contributed by atoms with Crippen LogP contribution in [-0.4, -0.2) is 5.16 Å². The first-order valence-electron chi connectivity index (χ1n) is 6.16. The summed E-state index contributed by atoms with van der Waals surface area (Å²) in [6, 6.07) is 8.10. The van der Waals surface area contributed by atoms with E-state index in [1.165, 1.54) is 11.1 Å². The molecule has 3 rings (SSSR count). The first-order valence-corrected chi connectivity index (χ1v) is 6.16. The molecule has 1 unspecified atom stereocenters. The fourth-order valence-corrected chi connectivity index (χ4v) is 2.43. The van der Waals surface area contributed by atoms with Gasteiger partial charge in [-0.1, -0.05) is 17.3 Å². The maximum Gasteiger partial charge on any atom is 0.134 e. The average molecular weight is 244 g/mol. The highest BCUT2D eigenvalue weighted by molar-refractivity contribution is 5.44. The van der Waals surface area contributed by atoms with Crippen LogP contribution in [-0.2, 0) is 13.0 Å². The summed E-state index contributed by atoms with van der Waals surface area (Å²) in [5.74, 6) is 1.72. The van der Waals surface area contributed by atoms with Crippen molar-refractivity contribution >= 4 is 0 Å². The SMILES string of the molecule is Cc1cc(COc2cccc3c2CCC3N)no1. The van der Waals surface area contributed by atoms with Crippen LogP contribution in [0.3, 0.4) is 0 Å². The van der Waals surface area contributed by atoms with Crippen molar-refractivity contribution in [1.29, 1.82) is 0 Å². The van der Waals surface area contributed by atoms with Crippen LogP contribution in [0.2, 0.25) is 0 Å². The summed E-state index contributed by atoms with van der Waals surface area (Å²) in [5.41, 5.74) is 9.31. The van der Waals surface area contributed by atoms with E-state index in [-0.39, 0.29) is 6.04 Å². The molecule has 1 aromatic carbocycles. The van der Waals surface area contributed by atoms with Crippen LogP contribution in [0.15, 0.2) is 28.8 Å². The van der Waals surface area contributed by atoms with Crippen LogP contribution in [0.25, 0.3) is 0 Å². The molecule has 0 saturated heterocycles. The van der Waals surface area contributed by atoms with Crippen LogP contribution in [0, 0.1) is 6.92 Å². The topological polar surface area (TPSA) is 61.3 Å². The second-order valence-electron chi connectivity index (χ2n) is 4.69. The van der Waals surface area contributed by atoms with Crippen LogP contribution in [0.4, 0.5) is 0 Å². The molecule has 0 fully saturated rings. The van der Waals surface area contributed by atoms with Gasteiger partial charge in [0.05, 0.1) is 0 Å². The molecule has 4 nitrogen and oxygen atoms in total. The van der Waals surface area contributed by atoms with Gasteiger partial charge in [-0.15, -0.1) is 0 Å². The monoisotopic (exact) mass is 244 g/mol. The fourth-order valence-electron chi connectivity index (χ4n) is 2.43. The highest BCUT2D eigenvalue weighted by atomic mass is 16.5. The quantitative estimate of drug-likeness (QED) is 0.901. The third kappa shape index (κ3) is 1.99. The molecule has 18 heavy (non-hydrogen) atoms. The fraction of sp³-hybridized carbons (Fsp3) is 0.357. The Morgan fingerprint density at radius 1 is 1.50 bits per heavy atom. The molecule has 0 radical (unpaired) electrons. The van der Waals surface area contributed by atoms with Gasteiger partial charge in [-0.3, -0.25) is 0 Å². The van der Waals surface area contributed by atoms with Gasteiger partial charge in [0, 0.05) is 12.1 Å². The first-order chi connectivity index (χ1) is 8.74. The van der Waals surface area contributed by atoms with Gasteiger partial charge >= 0.3 is 0 Å². The van der Waals surface area contributed by atoms with Crippen molar-refractivity contribution in [2.75, 3.05) is 0 Å². The Bertz CT molecular complexity index is 563. The van der Waals surface area contributed by atoms with E-state index < -0.39 is 0 Å². The van der Waals surface area contributed by atoms with Gasteiger partial charge in [0.2, 0.25) is 0 Å². The zero-order chi connectivity index (χ0) is 12.5. The van der Waals surface area contributed by atoms with Crippen molar-refractivity contribution in [3.8, 4) is 5.75 Å². The highest BCUT2D eigenvalue weighted by Crippen LogP contribution is 2.35. The Balaban J connectivity index is 1.78. The normalized spacial score (nSPS) is 17.8. The lowest BCUT2D eigenvalue weighted by Gasteiger charge is -2.10. The Kier molecular flexibility index (Phi) is 2.80. The lowest BCUT2D eigenvalue weighted by Crippen LogP contribution is -2.05. The molecule has 4 heteroatoms. The summed E-state index contributed by atoms with van der Waals surface area (Å²) < 4.78 is 10.8. The van der Waals surface area contributed by atoms with E-state index in [1.54, 1.807) is 0 Å². The Labute approximate surface area is 106 Å². The minimum absolute atomic E-state index is 0.151. The molecule has 1 aliphatic carbocycles. The second kappa shape index (κ2) is 4.46. The number of aryl methyl sites for hydroxylation is 1. The predicted molar refractivity (Wildman–Crippen MR) is 67.3 cm³/mol. The first kappa shape index (κ1) is 11.3. The summed E-state index contributed by atoms with van der Waals surface area (Å²) in [4.78, 5) is 0. The molecular weight excluding hydrogens is 228 g/mol. The van der Waals surface area contributed by atoms with E-state index >= 15 is 0 Å². The van der Waals surface area contributed by atoms with E-state index in [9.17, 15) is 0 Å². The molecular formula is C14H16N2O2. The molecule has 0 bridgehead atoms. The molecule has 1 aliphatic rings. The van der Waals surface area contributed by atoms with Crippen molar-refractivity contribution < 1.29 is 9.26 Å². The van der Waals surface area contributed by atoms with Gasteiger partial charge in [0.15, 0.2) is 0 Å². The van der Waals surface area contributed by atoms with E-state index in [2.05, 4.69) is 11.2 Å². The molecule has 0 aliphatic heterocycles. The molecule has 0 amide bonds. The third-order valence-corrected chi connectivity index (χ3v) is 3.33. The standard InChI is InChI=1S/C14H16N2O2/c1-9-7-10(16-18-9)8-17-14-4-2-3-11-12(14)5-6-13(11)15/h2-4,7,13H,5-6,8,15H2,1H3. The summed E-state index contributed by atoms with van der Waals surface area (Å²) >= 11 is 0. The zero-order valence-corrected chi connectivity index (χ0v) is 10.3. The third-order valence-electron chi connectivity index (χ3n) is 3.33. The minimum atomic E-state index is 0.151. The number of fused-ring (bicyclic) bond motifs is 1. The lowest BCUT2D eigenvalue weighted by atomic mass is 10.1. The van der Waals surface area contributed by atoms with Crippen molar-refractivity contribution in [3.63, 3.8) is 0 Å². The van der Waals surface area contributed by atoms with E-state index in [0.29, 0.717) is 6.61 Å². The van der Waals surface area contributed by atoms with E-state index in [1.807, 2.05) is 25.1 Å². The average Bonchev–Trinajstić information content (AvgIpc) is 2.94. The van der Waals surface area contributed by atoms with Crippen LogP contribution < -0.4 is 10.5 Å². The lowest BCUT2D eigenvalue weighted by molar-refractivity contribution is 0.285. The van der Waals surface area contributed by atoms with E-state index in [0.717, 1.165) is 30.0 Å². The van der Waals surface area contributed by atoms with Gasteiger partial charge in [0.1, 0.15) is 23.8 Å². The Morgan fingerprint density at radius 2 is 2.39 bits per heavy atom. The predicted octanol–water partition coefficient (Wildman–Crippen LogP) is 2.51. The summed E-state index contributed by atoms with van der Waals surface area (Å²) in [6.07, 6.45) is 1.99. The van der Waals surface area contributed by atoms with Crippen molar-refractivity contribution in [2.24, 2.45) is 5.73 Å². The number of nitrogens with zero attached hydrogens (tertiary/aromatic N) is 1. The number of rotatable bonds is 3. The number of hydrogen-bond acceptors (Lipinski definition) is 4.